The van der Waals surface area contributed by atoms with Crippen LogP contribution in [0.3, 0.4) is 0 Å². The summed E-state index contributed by atoms with van der Waals surface area (Å²) in [7, 11) is 0. The Kier molecular flexibility index (Phi) is 2.07. The average Bonchev–Trinajstić information content (AvgIpc) is 2.89. The van der Waals surface area contributed by atoms with E-state index in [1.54, 1.807) is 22.1 Å². The Bertz CT molecular complexity index is 1010. The molecule has 7 heteroatoms. The smallest absolute Gasteiger partial charge is 0.200 e. The topological polar surface area (TPSA) is 58.9 Å². The molecule has 0 aliphatic rings. The van der Waals surface area contributed by atoms with Crippen molar-refractivity contribution in [1.29, 1.82) is 0 Å². The van der Waals surface area contributed by atoms with Crippen molar-refractivity contribution in [2.75, 3.05) is 0 Å². The third kappa shape index (κ3) is 1.39. The van der Waals surface area contributed by atoms with E-state index >= 15 is 0 Å². The molecule has 0 unspecified atom stereocenters. The van der Waals surface area contributed by atoms with Crippen LogP contribution in [0.15, 0.2) is 12.4 Å². The highest BCUT2D eigenvalue weighted by atomic mass is 32.1. The van der Waals surface area contributed by atoms with Gasteiger partial charge in [0, 0.05) is 11.1 Å². The Balaban J connectivity index is 2.34. The van der Waals surface area contributed by atoms with Crippen LogP contribution in [0.25, 0.3) is 26.1 Å². The molecule has 4 aromatic heterocycles. The van der Waals surface area contributed by atoms with Crippen LogP contribution in [0.1, 0.15) is 11.3 Å². The number of nitrogens with zero attached hydrogens (tertiary/aromatic N) is 4. The summed E-state index contributed by atoms with van der Waals surface area (Å²) >= 11 is 6.78. The highest BCUT2D eigenvalue weighted by molar-refractivity contribution is 7.71. The molecule has 0 aliphatic heterocycles. The number of pyridine rings is 1. The summed E-state index contributed by atoms with van der Waals surface area (Å²) < 4.78 is 3.36. The fourth-order valence-corrected chi connectivity index (χ4v) is 3.79. The van der Waals surface area contributed by atoms with E-state index in [0.717, 1.165) is 31.8 Å². The first-order valence-electron chi connectivity index (χ1n) is 5.77. The molecule has 1 N–H and O–H groups in total. The second kappa shape index (κ2) is 3.58. The van der Waals surface area contributed by atoms with Gasteiger partial charge >= 0.3 is 0 Å². The molecule has 0 bridgehead atoms. The highest BCUT2D eigenvalue weighted by Gasteiger charge is 2.14. The highest BCUT2D eigenvalue weighted by Crippen LogP contribution is 2.35. The SMILES string of the molecule is Cc1cc(C)c2c(n1)sc1c2ncn2c(=S)[nH]nc12. The molecule has 0 aliphatic carbocycles. The largest absolute Gasteiger partial charge is 0.257 e. The molecule has 0 radical (unpaired) electrons. The minimum Gasteiger partial charge on any atom is -0.257 e. The minimum absolute atomic E-state index is 0.558. The van der Waals surface area contributed by atoms with Crippen LogP contribution >= 0.6 is 23.6 Å². The fraction of sp³-hybridized carbons (Fsp3) is 0.167. The van der Waals surface area contributed by atoms with Crippen LogP contribution in [0, 0.1) is 18.6 Å². The van der Waals surface area contributed by atoms with Crippen molar-refractivity contribution in [3.63, 3.8) is 0 Å². The van der Waals surface area contributed by atoms with Gasteiger partial charge in [-0.25, -0.2) is 9.97 Å². The summed E-state index contributed by atoms with van der Waals surface area (Å²) in [5, 5.41) is 8.20. The second-order valence-corrected chi connectivity index (χ2v) is 5.89. The number of aromatic nitrogens is 5. The molecular weight excluding hydrogens is 278 g/mol. The Morgan fingerprint density at radius 3 is 3.05 bits per heavy atom. The van der Waals surface area contributed by atoms with E-state index in [1.807, 2.05) is 6.92 Å². The van der Waals surface area contributed by atoms with Gasteiger partial charge in [0.25, 0.3) is 0 Å². The summed E-state index contributed by atoms with van der Waals surface area (Å²) in [6, 6.07) is 2.08. The molecule has 0 aromatic carbocycles. The summed E-state index contributed by atoms with van der Waals surface area (Å²) in [4.78, 5) is 10.1. The van der Waals surface area contributed by atoms with Crippen LogP contribution < -0.4 is 0 Å². The van der Waals surface area contributed by atoms with Gasteiger partial charge in [0.2, 0.25) is 4.77 Å². The number of H-pyrrole nitrogens is 1. The maximum atomic E-state index is 5.17. The monoisotopic (exact) mass is 287 g/mol. The van der Waals surface area contributed by atoms with E-state index in [-0.39, 0.29) is 0 Å². The standard InChI is InChI=1S/C12H9N5S2/c1-5-3-6(2)14-11-7(5)8-9(19-11)10-15-16-12(18)17(10)4-13-8/h3-4H,1-2H3,(H,16,18). The first kappa shape index (κ1) is 11.0. The summed E-state index contributed by atoms with van der Waals surface area (Å²) in [5.74, 6) is 0. The Labute approximate surface area is 116 Å². The predicted octanol–water partition coefficient (Wildman–Crippen LogP) is 3.17. The lowest BCUT2D eigenvalue weighted by Crippen LogP contribution is -1.88. The lowest BCUT2D eigenvalue weighted by atomic mass is 10.1. The third-order valence-electron chi connectivity index (χ3n) is 3.17. The number of fused-ring (bicyclic) bond motifs is 5. The molecule has 0 atom stereocenters. The van der Waals surface area contributed by atoms with Crippen LogP contribution in [-0.4, -0.2) is 24.6 Å². The lowest BCUT2D eigenvalue weighted by molar-refractivity contribution is 1.05. The summed E-state index contributed by atoms with van der Waals surface area (Å²) in [6.07, 6.45) is 1.72. The zero-order valence-electron chi connectivity index (χ0n) is 10.3. The van der Waals surface area contributed by atoms with E-state index in [2.05, 4.69) is 33.2 Å². The van der Waals surface area contributed by atoms with Crippen molar-refractivity contribution in [3.05, 3.63) is 28.4 Å². The van der Waals surface area contributed by atoms with Crippen molar-refractivity contribution in [2.24, 2.45) is 0 Å². The van der Waals surface area contributed by atoms with Crippen molar-refractivity contribution >= 4 is 49.6 Å². The first-order valence-corrected chi connectivity index (χ1v) is 7.00. The number of rotatable bonds is 0. The van der Waals surface area contributed by atoms with E-state index in [1.165, 1.54) is 5.56 Å². The van der Waals surface area contributed by atoms with E-state index < -0.39 is 0 Å². The zero-order chi connectivity index (χ0) is 13.1. The maximum Gasteiger partial charge on any atom is 0.200 e. The van der Waals surface area contributed by atoms with E-state index in [0.29, 0.717) is 4.77 Å². The molecule has 0 fully saturated rings. The van der Waals surface area contributed by atoms with Crippen molar-refractivity contribution < 1.29 is 0 Å². The molecule has 19 heavy (non-hydrogen) atoms. The van der Waals surface area contributed by atoms with Gasteiger partial charge in [-0.05, 0) is 37.7 Å². The van der Waals surface area contributed by atoms with E-state index in [4.69, 9.17) is 12.2 Å². The molecule has 0 saturated heterocycles. The summed E-state index contributed by atoms with van der Waals surface area (Å²) in [6.45, 7) is 4.09. The third-order valence-corrected chi connectivity index (χ3v) is 4.53. The normalized spacial score (nSPS) is 11.9. The van der Waals surface area contributed by atoms with Crippen LogP contribution in [-0.2, 0) is 0 Å². The average molecular weight is 287 g/mol. The number of thiophene rings is 1. The molecule has 0 spiro atoms. The Morgan fingerprint density at radius 2 is 2.21 bits per heavy atom. The Hall–Kier alpha value is -1.86. The van der Waals surface area contributed by atoms with Crippen molar-refractivity contribution in [2.45, 2.75) is 13.8 Å². The van der Waals surface area contributed by atoms with Gasteiger partial charge in [-0.15, -0.1) is 11.3 Å². The number of aryl methyl sites for hydroxylation is 2. The van der Waals surface area contributed by atoms with Crippen LogP contribution in [0.2, 0.25) is 0 Å². The van der Waals surface area contributed by atoms with Gasteiger partial charge in [-0.3, -0.25) is 9.50 Å². The van der Waals surface area contributed by atoms with Crippen molar-refractivity contribution in [1.82, 2.24) is 24.6 Å². The predicted molar refractivity (Wildman–Crippen MR) is 78.3 cm³/mol. The van der Waals surface area contributed by atoms with Crippen LogP contribution in [0.4, 0.5) is 0 Å². The summed E-state index contributed by atoms with van der Waals surface area (Å²) in [5.41, 5.74) is 3.98. The van der Waals surface area contributed by atoms with E-state index in [9.17, 15) is 0 Å². The Morgan fingerprint density at radius 1 is 1.37 bits per heavy atom. The fourth-order valence-electron chi connectivity index (χ4n) is 2.39. The van der Waals surface area contributed by atoms with Gasteiger partial charge in [-0.1, -0.05) is 0 Å². The molecule has 0 saturated carbocycles. The van der Waals surface area contributed by atoms with Gasteiger partial charge in [0.15, 0.2) is 5.65 Å². The second-order valence-electron chi connectivity index (χ2n) is 4.51. The van der Waals surface area contributed by atoms with Crippen LogP contribution in [0.5, 0.6) is 0 Å². The molecule has 4 rings (SSSR count). The van der Waals surface area contributed by atoms with Crippen molar-refractivity contribution in [3.8, 4) is 0 Å². The van der Waals surface area contributed by atoms with Gasteiger partial charge < -0.3 is 0 Å². The molecule has 4 heterocycles. The lowest BCUT2D eigenvalue weighted by Gasteiger charge is -1.98. The maximum absolute atomic E-state index is 5.17. The number of aromatic amines is 1. The minimum atomic E-state index is 0.558. The van der Waals surface area contributed by atoms with Gasteiger partial charge in [-0.2, -0.15) is 5.10 Å². The molecule has 5 nitrogen and oxygen atoms in total. The molecular formula is C12H9N5S2. The van der Waals surface area contributed by atoms with Gasteiger partial charge in [0.1, 0.15) is 15.9 Å². The first-order chi connectivity index (χ1) is 9.15. The molecule has 4 aromatic rings. The molecule has 94 valence electrons. The number of hydrogen-bond donors (Lipinski definition) is 1. The quantitative estimate of drug-likeness (QED) is 0.505. The number of hydrogen-bond acceptors (Lipinski definition) is 5. The van der Waals surface area contributed by atoms with Gasteiger partial charge in [0.05, 0.1) is 5.52 Å². The number of nitrogens with one attached hydrogen (secondary N) is 1. The molecule has 0 amide bonds. The zero-order valence-corrected chi connectivity index (χ0v) is 11.9.